The summed E-state index contributed by atoms with van der Waals surface area (Å²) in [4.78, 5) is 29.4. The Balaban J connectivity index is 1.32. The number of ketones is 1. The molecule has 6 heteroatoms. The minimum atomic E-state index is -0.451. The summed E-state index contributed by atoms with van der Waals surface area (Å²) in [6.45, 7) is 2.11. The van der Waals surface area contributed by atoms with E-state index in [9.17, 15) is 18.4 Å². The molecule has 5 rings (SSSR count). The molecule has 1 aromatic carbocycles. The molecular weight excluding hydrogens is 410 g/mol. The summed E-state index contributed by atoms with van der Waals surface area (Å²) in [6.07, 6.45) is 5.89. The van der Waals surface area contributed by atoms with Gasteiger partial charge in [-0.05, 0) is 85.1 Å². The zero-order valence-electron chi connectivity index (χ0n) is 18.2. The highest BCUT2D eigenvalue weighted by Gasteiger charge is 2.58. The fraction of sp³-hybridized carbons (Fsp3) is 0.500. The van der Waals surface area contributed by atoms with E-state index in [0.29, 0.717) is 43.2 Å². The number of carbonyl (C=O) groups is 2. The monoisotopic (exact) mass is 438 g/mol. The summed E-state index contributed by atoms with van der Waals surface area (Å²) in [7, 11) is 0. The van der Waals surface area contributed by atoms with Crippen molar-refractivity contribution in [2.24, 2.45) is 23.2 Å². The zero-order chi connectivity index (χ0) is 22.5. The smallest absolute Gasteiger partial charge is 0.225 e. The van der Waals surface area contributed by atoms with E-state index in [-0.39, 0.29) is 34.9 Å². The maximum atomic E-state index is 14.4. The number of hydrogen-bond acceptors (Lipinski definition) is 3. The molecule has 1 N–H and O–H groups in total. The minimum Gasteiger partial charge on any atom is -0.311 e. The second-order valence-corrected chi connectivity index (χ2v) is 9.93. The predicted molar refractivity (Wildman–Crippen MR) is 117 cm³/mol. The van der Waals surface area contributed by atoms with Crippen molar-refractivity contribution in [2.45, 2.75) is 57.8 Å². The summed E-state index contributed by atoms with van der Waals surface area (Å²) < 4.78 is 27.4. The van der Waals surface area contributed by atoms with Gasteiger partial charge in [0.1, 0.15) is 23.2 Å². The Morgan fingerprint density at radius 1 is 1.22 bits per heavy atom. The number of nitrogens with one attached hydrogen (secondary N) is 1. The van der Waals surface area contributed by atoms with Crippen LogP contribution in [0.25, 0.3) is 0 Å². The van der Waals surface area contributed by atoms with E-state index >= 15 is 0 Å². The van der Waals surface area contributed by atoms with Gasteiger partial charge in [0.05, 0.1) is 6.20 Å². The number of amides is 1. The van der Waals surface area contributed by atoms with E-state index in [1.807, 2.05) is 0 Å². The second-order valence-electron chi connectivity index (χ2n) is 9.93. The van der Waals surface area contributed by atoms with Crippen molar-refractivity contribution >= 4 is 17.5 Å². The SMILES string of the molecule is C[C@]12CCC3c4cccc(F)c4CCC3C1[C@H](CCC(=O)Nc1ccc(F)cn1)CC2=O. The Morgan fingerprint density at radius 3 is 2.84 bits per heavy atom. The van der Waals surface area contributed by atoms with Gasteiger partial charge in [0.15, 0.2) is 0 Å². The van der Waals surface area contributed by atoms with Gasteiger partial charge in [0.2, 0.25) is 5.91 Å². The van der Waals surface area contributed by atoms with Crippen molar-refractivity contribution in [1.29, 1.82) is 0 Å². The zero-order valence-corrected chi connectivity index (χ0v) is 18.2. The molecule has 0 spiro atoms. The predicted octanol–water partition coefficient (Wildman–Crippen LogP) is 5.43. The first-order valence-corrected chi connectivity index (χ1v) is 11.6. The second kappa shape index (κ2) is 8.05. The lowest BCUT2D eigenvalue weighted by Gasteiger charge is -2.50. The van der Waals surface area contributed by atoms with Gasteiger partial charge in [0.25, 0.3) is 0 Å². The molecule has 0 saturated heterocycles. The highest BCUT2D eigenvalue weighted by atomic mass is 19.1. The Morgan fingerprint density at radius 2 is 2.06 bits per heavy atom. The number of fused-ring (bicyclic) bond motifs is 5. The Bertz CT molecular complexity index is 1050. The number of carbonyl (C=O) groups excluding carboxylic acids is 2. The normalized spacial score (nSPS) is 30.9. The van der Waals surface area contributed by atoms with Crippen LogP contribution in [0.3, 0.4) is 0 Å². The number of nitrogens with zero attached hydrogens (tertiary/aromatic N) is 1. The largest absolute Gasteiger partial charge is 0.311 e. The topological polar surface area (TPSA) is 59.1 Å². The van der Waals surface area contributed by atoms with Crippen molar-refractivity contribution in [3.05, 3.63) is 59.3 Å². The molecule has 2 aromatic rings. The Labute approximate surface area is 186 Å². The number of halogens is 2. The molecule has 2 saturated carbocycles. The van der Waals surface area contributed by atoms with Gasteiger partial charge >= 0.3 is 0 Å². The first kappa shape index (κ1) is 21.2. The molecule has 4 nitrogen and oxygen atoms in total. The fourth-order valence-electron chi connectivity index (χ4n) is 6.87. The first-order valence-electron chi connectivity index (χ1n) is 11.6. The van der Waals surface area contributed by atoms with Gasteiger partial charge in [-0.15, -0.1) is 0 Å². The van der Waals surface area contributed by atoms with Crippen LogP contribution in [0.1, 0.15) is 62.5 Å². The van der Waals surface area contributed by atoms with Crippen LogP contribution in [0.2, 0.25) is 0 Å². The van der Waals surface area contributed by atoms with E-state index in [0.717, 1.165) is 36.6 Å². The summed E-state index contributed by atoms with van der Waals surface area (Å²) in [5.41, 5.74) is 1.64. The molecule has 32 heavy (non-hydrogen) atoms. The summed E-state index contributed by atoms with van der Waals surface area (Å²) in [5, 5.41) is 2.72. The lowest BCUT2D eigenvalue weighted by Crippen LogP contribution is -2.44. The summed E-state index contributed by atoms with van der Waals surface area (Å²) in [5.74, 6) is 0.924. The number of aromatic nitrogens is 1. The average Bonchev–Trinajstić information content (AvgIpc) is 3.04. The molecule has 1 amide bonds. The molecule has 2 fully saturated rings. The molecule has 3 aliphatic rings. The number of benzene rings is 1. The van der Waals surface area contributed by atoms with Gasteiger partial charge in [-0.1, -0.05) is 19.1 Å². The lowest BCUT2D eigenvalue weighted by molar-refractivity contribution is -0.129. The van der Waals surface area contributed by atoms with Crippen LogP contribution in [-0.2, 0) is 16.0 Å². The van der Waals surface area contributed by atoms with Crippen LogP contribution < -0.4 is 5.32 Å². The van der Waals surface area contributed by atoms with Crippen LogP contribution in [0.5, 0.6) is 0 Å². The lowest BCUT2D eigenvalue weighted by atomic mass is 9.54. The van der Waals surface area contributed by atoms with E-state index in [4.69, 9.17) is 0 Å². The van der Waals surface area contributed by atoms with Crippen molar-refractivity contribution in [1.82, 2.24) is 4.98 Å². The number of rotatable bonds is 4. The third kappa shape index (κ3) is 3.54. The summed E-state index contributed by atoms with van der Waals surface area (Å²) in [6, 6.07) is 8.11. The maximum Gasteiger partial charge on any atom is 0.225 e. The molecule has 1 aromatic heterocycles. The van der Waals surface area contributed by atoms with Crippen LogP contribution >= 0.6 is 0 Å². The van der Waals surface area contributed by atoms with Crippen LogP contribution in [0.4, 0.5) is 14.6 Å². The van der Waals surface area contributed by atoms with Crippen molar-refractivity contribution in [2.75, 3.05) is 5.32 Å². The average molecular weight is 439 g/mol. The molecule has 3 aliphatic carbocycles. The fourth-order valence-corrected chi connectivity index (χ4v) is 6.87. The van der Waals surface area contributed by atoms with Gasteiger partial charge in [-0.3, -0.25) is 9.59 Å². The van der Waals surface area contributed by atoms with Gasteiger partial charge < -0.3 is 5.32 Å². The molecule has 1 heterocycles. The standard InChI is InChI=1S/C26H28F2N2O2/c1-26-12-11-18-17-3-2-4-21(28)19(17)7-8-20(18)25(26)15(13-22(26)31)5-10-24(32)30-23-9-6-16(27)14-29-23/h2-4,6,9,14-15,18,20,25H,5,7-8,10-13H2,1H3,(H,29,30,32)/t15-,18?,20?,25?,26-/m1/s1. The van der Waals surface area contributed by atoms with E-state index in [2.05, 4.69) is 23.3 Å². The molecule has 0 bridgehead atoms. The number of anilines is 1. The van der Waals surface area contributed by atoms with E-state index in [1.165, 1.54) is 12.1 Å². The van der Waals surface area contributed by atoms with Gasteiger partial charge in [-0.25, -0.2) is 13.8 Å². The highest BCUT2D eigenvalue weighted by molar-refractivity contribution is 5.90. The number of pyridine rings is 1. The van der Waals surface area contributed by atoms with Crippen molar-refractivity contribution < 1.29 is 18.4 Å². The molecular formula is C26H28F2N2O2. The minimum absolute atomic E-state index is 0.112. The third-order valence-corrected chi connectivity index (χ3v) is 8.30. The van der Waals surface area contributed by atoms with E-state index in [1.54, 1.807) is 12.1 Å². The Hall–Kier alpha value is -2.63. The molecule has 0 aliphatic heterocycles. The molecule has 168 valence electrons. The molecule has 5 atom stereocenters. The van der Waals surface area contributed by atoms with Gasteiger partial charge in [-0.2, -0.15) is 0 Å². The van der Waals surface area contributed by atoms with Crippen LogP contribution in [-0.4, -0.2) is 16.7 Å². The van der Waals surface area contributed by atoms with Crippen LogP contribution in [0, 0.1) is 34.8 Å². The Kier molecular flexibility index (Phi) is 5.34. The van der Waals surface area contributed by atoms with E-state index < -0.39 is 5.82 Å². The summed E-state index contributed by atoms with van der Waals surface area (Å²) >= 11 is 0. The van der Waals surface area contributed by atoms with Gasteiger partial charge in [0, 0.05) is 18.3 Å². The number of hydrogen-bond donors (Lipinski definition) is 1. The molecule has 0 radical (unpaired) electrons. The molecule has 3 unspecified atom stereocenters. The highest BCUT2D eigenvalue weighted by Crippen LogP contribution is 2.62. The van der Waals surface area contributed by atoms with Crippen molar-refractivity contribution in [3.63, 3.8) is 0 Å². The number of Topliss-reactive ketones (excluding diaryl/α,β-unsaturated/α-hetero) is 1. The van der Waals surface area contributed by atoms with Crippen LogP contribution in [0.15, 0.2) is 36.5 Å². The quantitative estimate of drug-likeness (QED) is 0.693. The maximum absolute atomic E-state index is 14.4. The van der Waals surface area contributed by atoms with Crippen molar-refractivity contribution in [3.8, 4) is 0 Å². The first-order chi connectivity index (χ1) is 15.4. The third-order valence-electron chi connectivity index (χ3n) is 8.30.